The fraction of sp³-hybridized carbons (Fsp3) is 0.636. The Kier molecular flexibility index (Phi) is 3.59. The highest BCUT2D eigenvalue weighted by atomic mass is 32.2. The number of aryl methyl sites for hydroxylation is 1. The van der Waals surface area contributed by atoms with Crippen molar-refractivity contribution in [1.82, 2.24) is 15.3 Å². The average Bonchev–Trinajstić information content (AvgIpc) is 2.66. The van der Waals surface area contributed by atoms with Gasteiger partial charge in [0, 0.05) is 24.3 Å². The molecule has 15 heavy (non-hydrogen) atoms. The zero-order valence-corrected chi connectivity index (χ0v) is 10.2. The summed E-state index contributed by atoms with van der Waals surface area (Å²) >= 11 is 1.92. The summed E-state index contributed by atoms with van der Waals surface area (Å²) in [5.74, 6) is 3.13. The Bertz CT molecular complexity index is 352. The summed E-state index contributed by atoms with van der Waals surface area (Å²) in [6.07, 6.45) is 1.22. The molecule has 0 spiro atoms. The van der Waals surface area contributed by atoms with E-state index < -0.39 is 0 Å². The van der Waals surface area contributed by atoms with Gasteiger partial charge >= 0.3 is 0 Å². The van der Waals surface area contributed by atoms with Crippen molar-refractivity contribution < 1.29 is 0 Å². The molecule has 0 atom stereocenters. The lowest BCUT2D eigenvalue weighted by Crippen LogP contribution is -2.02. The Morgan fingerprint density at radius 3 is 3.00 bits per heavy atom. The highest BCUT2D eigenvalue weighted by Gasteiger charge is 2.15. The molecule has 1 aliphatic heterocycles. The number of thioether (sulfide) groups is 1. The Morgan fingerprint density at radius 2 is 2.20 bits per heavy atom. The van der Waals surface area contributed by atoms with Crippen LogP contribution in [0.3, 0.4) is 0 Å². The first kappa shape index (κ1) is 10.9. The molecule has 4 heteroatoms. The highest BCUT2D eigenvalue weighted by molar-refractivity contribution is 7.98. The minimum absolute atomic E-state index is 0.907. The molecule has 3 nitrogen and oxygen atoms in total. The zero-order chi connectivity index (χ0) is 10.7. The largest absolute Gasteiger partial charge is 0.307 e. The van der Waals surface area contributed by atoms with E-state index in [1.807, 2.05) is 11.8 Å². The minimum atomic E-state index is 0.907. The van der Waals surface area contributed by atoms with Gasteiger partial charge in [-0.05, 0) is 19.1 Å². The first-order chi connectivity index (χ1) is 7.31. The van der Waals surface area contributed by atoms with Crippen LogP contribution in [-0.2, 0) is 18.8 Å². The number of fused-ring (bicyclic) bond motifs is 1. The van der Waals surface area contributed by atoms with E-state index in [0.717, 1.165) is 30.4 Å². The summed E-state index contributed by atoms with van der Waals surface area (Å²) in [6, 6.07) is 0. The number of nitrogens with one attached hydrogen (secondary N) is 1. The van der Waals surface area contributed by atoms with Gasteiger partial charge in [0.15, 0.2) is 0 Å². The third-order valence-electron chi connectivity index (χ3n) is 2.52. The molecular formula is C11H17N3S. The van der Waals surface area contributed by atoms with Crippen LogP contribution in [-0.4, -0.2) is 15.7 Å². The lowest BCUT2D eigenvalue weighted by atomic mass is 10.2. The summed E-state index contributed by atoms with van der Waals surface area (Å²) < 4.78 is 0. The standard InChI is InChI=1S/C11H17N3S/c1-3-4-15-7-11-13-8(2)9-5-12-6-10(9)14-11/h12H,3-7H2,1-2H3. The maximum Gasteiger partial charge on any atom is 0.138 e. The van der Waals surface area contributed by atoms with Gasteiger partial charge < -0.3 is 5.32 Å². The Morgan fingerprint density at radius 1 is 1.33 bits per heavy atom. The predicted octanol–water partition coefficient (Wildman–Crippen LogP) is 2.03. The van der Waals surface area contributed by atoms with Crippen LogP contribution in [0.4, 0.5) is 0 Å². The fourth-order valence-electron chi connectivity index (χ4n) is 1.77. The molecule has 1 aromatic rings. The van der Waals surface area contributed by atoms with Crippen LogP contribution in [0.1, 0.15) is 36.1 Å². The van der Waals surface area contributed by atoms with E-state index >= 15 is 0 Å². The first-order valence-electron chi connectivity index (χ1n) is 5.45. The molecule has 0 aliphatic carbocycles. The molecule has 0 bridgehead atoms. The van der Waals surface area contributed by atoms with E-state index in [4.69, 9.17) is 0 Å². The van der Waals surface area contributed by atoms with Gasteiger partial charge in [-0.15, -0.1) is 0 Å². The molecule has 0 amide bonds. The van der Waals surface area contributed by atoms with Crippen LogP contribution in [0, 0.1) is 6.92 Å². The first-order valence-corrected chi connectivity index (χ1v) is 6.60. The van der Waals surface area contributed by atoms with Crippen LogP contribution < -0.4 is 5.32 Å². The normalized spacial score (nSPS) is 14.3. The van der Waals surface area contributed by atoms with E-state index in [2.05, 4.69) is 29.1 Å². The second kappa shape index (κ2) is 4.94. The fourth-order valence-corrected chi connectivity index (χ4v) is 2.52. The second-order valence-corrected chi connectivity index (χ2v) is 4.91. The Labute approximate surface area is 95.1 Å². The van der Waals surface area contributed by atoms with Gasteiger partial charge in [-0.25, -0.2) is 9.97 Å². The third kappa shape index (κ3) is 2.49. The maximum atomic E-state index is 4.59. The summed E-state index contributed by atoms with van der Waals surface area (Å²) in [7, 11) is 0. The van der Waals surface area contributed by atoms with Gasteiger partial charge in [-0.2, -0.15) is 11.8 Å². The van der Waals surface area contributed by atoms with Crippen LogP contribution in [0.5, 0.6) is 0 Å². The smallest absolute Gasteiger partial charge is 0.138 e. The quantitative estimate of drug-likeness (QED) is 0.793. The molecule has 1 aliphatic rings. The van der Waals surface area contributed by atoms with Crippen molar-refractivity contribution in [3.05, 3.63) is 22.8 Å². The lowest BCUT2D eigenvalue weighted by Gasteiger charge is -2.05. The van der Waals surface area contributed by atoms with Crippen molar-refractivity contribution >= 4 is 11.8 Å². The van der Waals surface area contributed by atoms with Gasteiger partial charge in [-0.3, -0.25) is 0 Å². The van der Waals surface area contributed by atoms with E-state index in [1.165, 1.54) is 23.4 Å². The molecule has 1 N–H and O–H groups in total. The molecule has 0 aromatic carbocycles. The Hall–Kier alpha value is -0.610. The van der Waals surface area contributed by atoms with Gasteiger partial charge in [0.25, 0.3) is 0 Å². The lowest BCUT2D eigenvalue weighted by molar-refractivity contribution is 0.756. The molecule has 2 rings (SSSR count). The van der Waals surface area contributed by atoms with E-state index in [-0.39, 0.29) is 0 Å². The molecule has 0 unspecified atom stereocenters. The van der Waals surface area contributed by atoms with Crippen LogP contribution >= 0.6 is 11.8 Å². The highest BCUT2D eigenvalue weighted by Crippen LogP contribution is 2.18. The van der Waals surface area contributed by atoms with Crippen molar-refractivity contribution in [2.24, 2.45) is 0 Å². The maximum absolute atomic E-state index is 4.59. The van der Waals surface area contributed by atoms with Gasteiger partial charge in [0.05, 0.1) is 11.4 Å². The molecule has 0 saturated carbocycles. The average molecular weight is 223 g/mol. The number of nitrogens with zero attached hydrogens (tertiary/aromatic N) is 2. The number of rotatable bonds is 4. The van der Waals surface area contributed by atoms with E-state index in [0.29, 0.717) is 0 Å². The number of hydrogen-bond acceptors (Lipinski definition) is 4. The van der Waals surface area contributed by atoms with Crippen LogP contribution in [0.25, 0.3) is 0 Å². The van der Waals surface area contributed by atoms with E-state index in [1.54, 1.807) is 0 Å². The Balaban J connectivity index is 2.09. The SMILES string of the molecule is CCCSCc1nc(C)c2c(n1)CNC2. The van der Waals surface area contributed by atoms with Gasteiger partial charge in [0.1, 0.15) is 5.82 Å². The van der Waals surface area contributed by atoms with Crippen molar-refractivity contribution in [1.29, 1.82) is 0 Å². The summed E-state index contributed by atoms with van der Waals surface area (Å²) in [5.41, 5.74) is 3.66. The monoisotopic (exact) mass is 223 g/mol. The summed E-state index contributed by atoms with van der Waals surface area (Å²) in [6.45, 7) is 6.13. The second-order valence-electron chi connectivity index (χ2n) is 3.81. The third-order valence-corrected chi connectivity index (χ3v) is 3.68. The predicted molar refractivity (Wildman–Crippen MR) is 63.8 cm³/mol. The zero-order valence-electron chi connectivity index (χ0n) is 9.34. The van der Waals surface area contributed by atoms with Crippen molar-refractivity contribution in [3.8, 4) is 0 Å². The summed E-state index contributed by atoms with van der Waals surface area (Å²) in [5, 5.41) is 3.31. The minimum Gasteiger partial charge on any atom is -0.307 e. The van der Waals surface area contributed by atoms with Crippen molar-refractivity contribution in [2.45, 2.75) is 39.1 Å². The summed E-state index contributed by atoms with van der Waals surface area (Å²) in [4.78, 5) is 9.14. The van der Waals surface area contributed by atoms with Crippen LogP contribution in [0.2, 0.25) is 0 Å². The van der Waals surface area contributed by atoms with E-state index in [9.17, 15) is 0 Å². The van der Waals surface area contributed by atoms with Crippen LogP contribution in [0.15, 0.2) is 0 Å². The molecule has 0 radical (unpaired) electrons. The molecular weight excluding hydrogens is 206 g/mol. The van der Waals surface area contributed by atoms with Gasteiger partial charge in [-0.1, -0.05) is 6.92 Å². The van der Waals surface area contributed by atoms with Crippen molar-refractivity contribution in [2.75, 3.05) is 5.75 Å². The number of aromatic nitrogens is 2. The number of hydrogen-bond donors (Lipinski definition) is 1. The molecule has 2 heterocycles. The van der Waals surface area contributed by atoms with Gasteiger partial charge in [0.2, 0.25) is 0 Å². The molecule has 0 saturated heterocycles. The molecule has 82 valence electrons. The van der Waals surface area contributed by atoms with Crippen molar-refractivity contribution in [3.63, 3.8) is 0 Å². The molecule has 1 aromatic heterocycles. The topological polar surface area (TPSA) is 37.8 Å². The molecule has 0 fully saturated rings.